The molecule has 1 aromatic carbocycles. The number of halogens is 1. The molecule has 158 valence electrons. The molecule has 30 heavy (non-hydrogen) atoms. The van der Waals surface area contributed by atoms with Crippen LogP contribution in [0.25, 0.3) is 0 Å². The molecule has 4 heterocycles. The second-order valence-corrected chi connectivity index (χ2v) is 8.71. The van der Waals surface area contributed by atoms with Crippen LogP contribution in [0.5, 0.6) is 0 Å². The maximum absolute atomic E-state index is 13.3. The molecule has 2 aromatic rings. The van der Waals surface area contributed by atoms with E-state index in [1.165, 1.54) is 23.5 Å². The lowest BCUT2D eigenvalue weighted by Gasteiger charge is -2.49. The molecule has 0 atom stereocenters. The van der Waals surface area contributed by atoms with Crippen molar-refractivity contribution < 1.29 is 13.9 Å². The standard InChI is InChI=1S/C23H27FN4O2/c24-19-13-25-22(26-14-19)27-9-7-23(8-10-27)16-28(15-18-3-1-2-4-20(18)23)21(29)17-5-11-30-12-6-17/h1-4,13-14,17H,5-12,15-16H2. The molecule has 7 heteroatoms. The summed E-state index contributed by atoms with van der Waals surface area (Å²) in [5.74, 6) is 0.506. The molecule has 1 aromatic heterocycles. The van der Waals surface area contributed by atoms with Gasteiger partial charge in [0.25, 0.3) is 0 Å². The van der Waals surface area contributed by atoms with E-state index in [1.54, 1.807) is 0 Å². The lowest BCUT2D eigenvalue weighted by Crippen LogP contribution is -2.54. The number of hydrogen-bond acceptors (Lipinski definition) is 5. The van der Waals surface area contributed by atoms with E-state index in [-0.39, 0.29) is 17.2 Å². The molecule has 0 saturated carbocycles. The number of benzene rings is 1. The highest BCUT2D eigenvalue weighted by Gasteiger charge is 2.44. The molecule has 3 aliphatic rings. The number of ether oxygens (including phenoxy) is 1. The Bertz CT molecular complexity index is 906. The second kappa shape index (κ2) is 7.95. The van der Waals surface area contributed by atoms with Gasteiger partial charge in [-0.15, -0.1) is 0 Å². The van der Waals surface area contributed by atoms with Crippen LogP contribution in [0.1, 0.15) is 36.8 Å². The number of rotatable bonds is 2. The number of hydrogen-bond donors (Lipinski definition) is 0. The van der Waals surface area contributed by atoms with Crippen molar-refractivity contribution in [3.8, 4) is 0 Å². The molecule has 0 aliphatic carbocycles. The van der Waals surface area contributed by atoms with Gasteiger partial charge < -0.3 is 14.5 Å². The molecule has 6 nitrogen and oxygen atoms in total. The number of carbonyl (C=O) groups excluding carboxylic acids is 1. The highest BCUT2D eigenvalue weighted by Crippen LogP contribution is 2.42. The SMILES string of the molecule is O=C(C1CCOCC1)N1Cc2ccccc2C2(CCN(c3ncc(F)cn3)CC2)C1. The molecule has 3 aliphatic heterocycles. The van der Waals surface area contributed by atoms with Crippen LogP contribution in [-0.4, -0.2) is 53.6 Å². The van der Waals surface area contributed by atoms with E-state index >= 15 is 0 Å². The first-order valence-electron chi connectivity index (χ1n) is 10.8. The van der Waals surface area contributed by atoms with E-state index in [1.807, 2.05) is 0 Å². The summed E-state index contributed by atoms with van der Waals surface area (Å²) in [7, 11) is 0. The summed E-state index contributed by atoms with van der Waals surface area (Å²) < 4.78 is 18.6. The zero-order valence-corrected chi connectivity index (χ0v) is 17.1. The Morgan fingerprint density at radius 2 is 1.80 bits per heavy atom. The average Bonchev–Trinajstić information content (AvgIpc) is 2.80. The van der Waals surface area contributed by atoms with Crippen molar-refractivity contribution in [1.29, 1.82) is 0 Å². The first-order valence-corrected chi connectivity index (χ1v) is 10.8. The molecule has 1 amide bonds. The summed E-state index contributed by atoms with van der Waals surface area (Å²) in [4.78, 5) is 25.8. The Balaban J connectivity index is 1.38. The Morgan fingerprint density at radius 1 is 1.10 bits per heavy atom. The zero-order chi connectivity index (χ0) is 20.6. The molecule has 5 rings (SSSR count). The van der Waals surface area contributed by atoms with E-state index in [0.29, 0.717) is 25.7 Å². The van der Waals surface area contributed by atoms with Crippen LogP contribution in [0.4, 0.5) is 10.3 Å². The minimum Gasteiger partial charge on any atom is -0.381 e. The van der Waals surface area contributed by atoms with Crippen LogP contribution < -0.4 is 4.90 Å². The lowest BCUT2D eigenvalue weighted by atomic mass is 9.68. The molecule has 0 N–H and O–H groups in total. The highest BCUT2D eigenvalue weighted by atomic mass is 19.1. The van der Waals surface area contributed by atoms with Crippen molar-refractivity contribution in [3.63, 3.8) is 0 Å². The summed E-state index contributed by atoms with van der Waals surface area (Å²) in [6.45, 7) is 4.40. The van der Waals surface area contributed by atoms with Crippen molar-refractivity contribution in [2.45, 2.75) is 37.6 Å². The van der Waals surface area contributed by atoms with Gasteiger partial charge in [0.1, 0.15) is 0 Å². The maximum Gasteiger partial charge on any atom is 0.226 e. The minimum absolute atomic E-state index is 0.0494. The van der Waals surface area contributed by atoms with Crippen LogP contribution >= 0.6 is 0 Å². The Kier molecular flexibility index (Phi) is 5.15. The van der Waals surface area contributed by atoms with Crippen LogP contribution in [0.2, 0.25) is 0 Å². The van der Waals surface area contributed by atoms with E-state index in [4.69, 9.17) is 4.74 Å². The van der Waals surface area contributed by atoms with Gasteiger partial charge in [0.05, 0.1) is 12.4 Å². The van der Waals surface area contributed by atoms with Gasteiger partial charge in [0.2, 0.25) is 11.9 Å². The van der Waals surface area contributed by atoms with Gasteiger partial charge in [-0.1, -0.05) is 24.3 Å². The molecular weight excluding hydrogens is 383 g/mol. The van der Waals surface area contributed by atoms with Crippen molar-refractivity contribution in [2.75, 3.05) is 37.7 Å². The van der Waals surface area contributed by atoms with Gasteiger partial charge in [-0.2, -0.15) is 0 Å². The second-order valence-electron chi connectivity index (χ2n) is 8.71. The summed E-state index contributed by atoms with van der Waals surface area (Å²) in [5.41, 5.74) is 2.59. The average molecular weight is 410 g/mol. The number of aromatic nitrogens is 2. The van der Waals surface area contributed by atoms with Crippen LogP contribution in [0, 0.1) is 11.7 Å². The van der Waals surface area contributed by atoms with Crippen molar-refractivity contribution in [1.82, 2.24) is 14.9 Å². The smallest absolute Gasteiger partial charge is 0.226 e. The van der Waals surface area contributed by atoms with Crippen molar-refractivity contribution in [3.05, 3.63) is 53.6 Å². The molecule has 0 bridgehead atoms. The number of fused-ring (bicyclic) bond motifs is 2. The van der Waals surface area contributed by atoms with Crippen LogP contribution in [0.15, 0.2) is 36.7 Å². The van der Waals surface area contributed by atoms with Crippen LogP contribution in [-0.2, 0) is 21.5 Å². The summed E-state index contributed by atoms with van der Waals surface area (Å²) >= 11 is 0. The summed E-state index contributed by atoms with van der Waals surface area (Å²) in [6, 6.07) is 8.56. The predicted octanol–water partition coefficient (Wildman–Crippen LogP) is 2.92. The lowest BCUT2D eigenvalue weighted by molar-refractivity contribution is -0.141. The third-order valence-corrected chi connectivity index (χ3v) is 6.94. The monoisotopic (exact) mass is 410 g/mol. The van der Waals surface area contributed by atoms with Gasteiger partial charge in [0, 0.05) is 50.7 Å². The quantitative estimate of drug-likeness (QED) is 0.762. The molecule has 0 radical (unpaired) electrons. The highest BCUT2D eigenvalue weighted by molar-refractivity contribution is 5.79. The molecule has 2 saturated heterocycles. The van der Waals surface area contributed by atoms with E-state index < -0.39 is 5.82 Å². The van der Waals surface area contributed by atoms with Crippen molar-refractivity contribution in [2.24, 2.45) is 5.92 Å². The Labute approximate surface area is 176 Å². The molecule has 1 spiro atoms. The number of carbonyl (C=O) groups is 1. The zero-order valence-electron chi connectivity index (χ0n) is 17.1. The van der Waals surface area contributed by atoms with Crippen molar-refractivity contribution >= 4 is 11.9 Å². The number of anilines is 1. The molecular formula is C23H27FN4O2. The summed E-state index contributed by atoms with van der Waals surface area (Å²) in [5, 5.41) is 0. The van der Waals surface area contributed by atoms with Gasteiger partial charge >= 0.3 is 0 Å². The normalized spacial score (nSPS) is 21.5. The van der Waals surface area contributed by atoms with Crippen LogP contribution in [0.3, 0.4) is 0 Å². The first-order chi connectivity index (χ1) is 14.6. The fourth-order valence-electron chi connectivity index (χ4n) is 5.28. The van der Waals surface area contributed by atoms with E-state index in [0.717, 1.165) is 45.3 Å². The van der Waals surface area contributed by atoms with Gasteiger partial charge in [0.15, 0.2) is 5.82 Å². The third kappa shape index (κ3) is 3.55. The number of amides is 1. The number of piperidine rings is 1. The Morgan fingerprint density at radius 3 is 2.53 bits per heavy atom. The largest absolute Gasteiger partial charge is 0.381 e. The minimum atomic E-state index is -0.421. The van der Waals surface area contributed by atoms with E-state index in [2.05, 4.69) is 44.0 Å². The molecule has 0 unspecified atom stereocenters. The molecule has 2 fully saturated rings. The fourth-order valence-corrected chi connectivity index (χ4v) is 5.28. The number of nitrogens with zero attached hydrogens (tertiary/aromatic N) is 4. The maximum atomic E-state index is 13.3. The predicted molar refractivity (Wildman–Crippen MR) is 111 cm³/mol. The van der Waals surface area contributed by atoms with Gasteiger partial charge in [-0.25, -0.2) is 14.4 Å². The summed E-state index contributed by atoms with van der Waals surface area (Å²) in [6.07, 6.45) is 5.91. The van der Waals surface area contributed by atoms with Gasteiger partial charge in [-0.3, -0.25) is 4.79 Å². The topological polar surface area (TPSA) is 58.6 Å². The third-order valence-electron chi connectivity index (χ3n) is 6.94. The van der Waals surface area contributed by atoms with Gasteiger partial charge in [-0.05, 0) is 36.8 Å². The Hall–Kier alpha value is -2.54. The fraction of sp³-hybridized carbons (Fsp3) is 0.522. The first kappa shape index (κ1) is 19.4. The van der Waals surface area contributed by atoms with E-state index in [9.17, 15) is 9.18 Å².